The Bertz CT molecular complexity index is 1730. The van der Waals surface area contributed by atoms with Crippen LogP contribution in [0.3, 0.4) is 0 Å². The van der Waals surface area contributed by atoms with Crippen molar-refractivity contribution in [2.75, 3.05) is 39.3 Å². The zero-order valence-corrected chi connectivity index (χ0v) is 27.7. The summed E-state index contributed by atoms with van der Waals surface area (Å²) in [6.45, 7) is 11.5. The summed E-state index contributed by atoms with van der Waals surface area (Å²) in [4.78, 5) is 45.9. The number of hydrogen-bond acceptors (Lipinski definition) is 7. The lowest BCUT2D eigenvalue weighted by Crippen LogP contribution is -2.43. The third-order valence-electron chi connectivity index (χ3n) is 9.93. The van der Waals surface area contributed by atoms with Gasteiger partial charge in [-0.15, -0.1) is 10.2 Å². The van der Waals surface area contributed by atoms with Gasteiger partial charge in [0.2, 0.25) is 5.91 Å². The van der Waals surface area contributed by atoms with Gasteiger partial charge in [0.25, 0.3) is 5.56 Å². The minimum absolute atomic E-state index is 0.000672. The van der Waals surface area contributed by atoms with Crippen molar-refractivity contribution >= 4 is 12.0 Å². The second kappa shape index (κ2) is 14.9. The van der Waals surface area contributed by atoms with Crippen LogP contribution < -0.4 is 10.9 Å². The summed E-state index contributed by atoms with van der Waals surface area (Å²) in [5.41, 5.74) is 5.77. The number of aromatic amines is 1. The fraction of sp³-hybridized carbons (Fsp3) is 0.395. The Morgan fingerprint density at radius 2 is 1.73 bits per heavy atom. The number of aromatic nitrogens is 3. The zero-order valence-electron chi connectivity index (χ0n) is 27.7. The van der Waals surface area contributed by atoms with Crippen LogP contribution in [0.5, 0.6) is 0 Å². The number of rotatable bonds is 10. The summed E-state index contributed by atoms with van der Waals surface area (Å²) in [6.07, 6.45) is 8.53. The van der Waals surface area contributed by atoms with Gasteiger partial charge >= 0.3 is 6.09 Å². The van der Waals surface area contributed by atoms with Crippen LogP contribution in [0.15, 0.2) is 89.8 Å². The van der Waals surface area contributed by atoms with Gasteiger partial charge in [0.1, 0.15) is 18.1 Å². The molecule has 2 unspecified atom stereocenters. The van der Waals surface area contributed by atoms with Gasteiger partial charge in [0, 0.05) is 50.5 Å². The largest absolute Gasteiger partial charge is 0.448 e. The van der Waals surface area contributed by atoms with Crippen molar-refractivity contribution in [3.63, 3.8) is 0 Å². The van der Waals surface area contributed by atoms with Gasteiger partial charge in [-0.05, 0) is 53.5 Å². The minimum atomic E-state index is -0.357. The van der Waals surface area contributed by atoms with Crippen molar-refractivity contribution in [3.8, 4) is 11.1 Å². The van der Waals surface area contributed by atoms with E-state index < -0.39 is 0 Å². The maximum Gasteiger partial charge on any atom is 0.409 e. The van der Waals surface area contributed by atoms with Gasteiger partial charge in [-0.25, -0.2) is 4.79 Å². The van der Waals surface area contributed by atoms with Crippen molar-refractivity contribution in [2.24, 2.45) is 11.8 Å². The predicted octanol–water partition coefficient (Wildman–Crippen LogP) is 5.17. The molecule has 2 saturated heterocycles. The molecule has 2 amide bonds. The Hall–Kier alpha value is -4.83. The first-order chi connectivity index (χ1) is 23.4. The number of carbonyl (C=O) groups excluding carboxylic acids is 2. The van der Waals surface area contributed by atoms with Crippen LogP contribution in [-0.2, 0) is 16.1 Å². The molecule has 1 aliphatic carbocycles. The van der Waals surface area contributed by atoms with Crippen LogP contribution in [0.4, 0.5) is 4.79 Å². The fourth-order valence-electron chi connectivity index (χ4n) is 7.22. The predicted molar refractivity (Wildman–Crippen MR) is 185 cm³/mol. The number of carbonyl (C=O) groups is 2. The third kappa shape index (κ3) is 7.18. The quantitative estimate of drug-likeness (QED) is 0.291. The first-order valence-corrected chi connectivity index (χ1v) is 16.9. The molecule has 6 rings (SSSR count). The summed E-state index contributed by atoms with van der Waals surface area (Å²) in [7, 11) is 0. The zero-order chi connectivity index (χ0) is 33.6. The second-order valence-corrected chi connectivity index (χ2v) is 13.0. The molecule has 0 bridgehead atoms. The standard InChI is InChI=1S/C38H44N6O4/c1-4-6-11-26(5-2)22-43-21-25(3)32(23-43)35-40-37(46)34(41-42-35)20-39-36(45)27-16-18-44(19-17-27)38(47)48-24-33-30-14-9-7-12-28(30)29-13-8-10-15-31(29)33/h4-15,25,27,32-33H,1,16-24H2,2-3H3,(H,39,45)(H,40,42,46)/b11-6-,26-5+. The van der Waals surface area contributed by atoms with E-state index in [2.05, 4.69) is 75.3 Å². The SMILES string of the molecule is C=C/C=C\C(=C/C)CN1CC(C)C(c2nnc(CNC(=O)C3CCN(C(=O)OCC4c5ccccc5-c5ccccc54)CC3)c(=O)[nH]2)C1. The molecule has 2 N–H and O–H groups in total. The summed E-state index contributed by atoms with van der Waals surface area (Å²) >= 11 is 0. The van der Waals surface area contributed by atoms with Gasteiger partial charge in [-0.2, -0.15) is 0 Å². The van der Waals surface area contributed by atoms with Crippen LogP contribution >= 0.6 is 0 Å². The number of nitrogens with one attached hydrogen (secondary N) is 2. The van der Waals surface area contributed by atoms with E-state index in [-0.39, 0.29) is 54.2 Å². The summed E-state index contributed by atoms with van der Waals surface area (Å²) < 4.78 is 5.81. The number of nitrogens with zero attached hydrogens (tertiary/aromatic N) is 4. The van der Waals surface area contributed by atoms with E-state index in [1.165, 1.54) is 27.8 Å². The van der Waals surface area contributed by atoms with Gasteiger partial charge in [-0.1, -0.05) is 86.3 Å². The molecular formula is C38H44N6O4. The molecule has 3 aliphatic rings. The topological polar surface area (TPSA) is 121 Å². The number of hydrogen-bond donors (Lipinski definition) is 2. The van der Waals surface area contributed by atoms with E-state index in [4.69, 9.17) is 4.74 Å². The van der Waals surface area contributed by atoms with E-state index >= 15 is 0 Å². The smallest absolute Gasteiger partial charge is 0.409 e. The molecule has 1 aromatic heterocycles. The molecule has 48 heavy (non-hydrogen) atoms. The van der Waals surface area contributed by atoms with E-state index in [0.29, 0.717) is 37.7 Å². The maximum absolute atomic E-state index is 13.0. The Morgan fingerprint density at radius 3 is 2.38 bits per heavy atom. The van der Waals surface area contributed by atoms with Crippen LogP contribution in [-0.4, -0.2) is 76.3 Å². The number of H-pyrrole nitrogens is 1. The summed E-state index contributed by atoms with van der Waals surface area (Å²) in [6, 6.07) is 16.5. The van der Waals surface area contributed by atoms with E-state index in [9.17, 15) is 14.4 Å². The Balaban J connectivity index is 0.960. The molecule has 3 aromatic rings. The van der Waals surface area contributed by atoms with Crippen molar-refractivity contribution in [3.05, 3.63) is 118 Å². The molecule has 0 saturated carbocycles. The van der Waals surface area contributed by atoms with E-state index in [1.54, 1.807) is 11.0 Å². The van der Waals surface area contributed by atoms with Gasteiger partial charge in [0.05, 0.1) is 6.54 Å². The van der Waals surface area contributed by atoms with Crippen LogP contribution in [0.1, 0.15) is 61.2 Å². The summed E-state index contributed by atoms with van der Waals surface area (Å²) in [5.74, 6) is 0.538. The Morgan fingerprint density at radius 1 is 1.04 bits per heavy atom. The second-order valence-electron chi connectivity index (χ2n) is 13.0. The van der Waals surface area contributed by atoms with Gasteiger partial charge in [0.15, 0.2) is 0 Å². The number of ether oxygens (including phenoxy) is 1. The van der Waals surface area contributed by atoms with E-state index in [1.807, 2.05) is 37.3 Å². The van der Waals surface area contributed by atoms with Gasteiger partial charge < -0.3 is 19.9 Å². The highest BCUT2D eigenvalue weighted by molar-refractivity contribution is 5.80. The lowest BCUT2D eigenvalue weighted by Gasteiger charge is -2.31. The molecule has 0 radical (unpaired) electrons. The minimum Gasteiger partial charge on any atom is -0.448 e. The molecule has 10 nitrogen and oxygen atoms in total. The normalized spacial score (nSPS) is 20.1. The average molecular weight is 649 g/mol. The first kappa shape index (κ1) is 33.1. The van der Waals surface area contributed by atoms with Crippen molar-refractivity contribution in [2.45, 2.75) is 45.1 Å². The lowest BCUT2D eigenvalue weighted by atomic mass is 9.96. The molecule has 2 aromatic carbocycles. The molecule has 250 valence electrons. The number of likely N-dealkylation sites (tertiary alicyclic amines) is 2. The first-order valence-electron chi connectivity index (χ1n) is 16.9. The highest BCUT2D eigenvalue weighted by Crippen LogP contribution is 2.44. The van der Waals surface area contributed by atoms with Crippen LogP contribution in [0.2, 0.25) is 0 Å². The van der Waals surface area contributed by atoms with Crippen LogP contribution in [0, 0.1) is 11.8 Å². The molecule has 0 spiro atoms. The molecule has 3 heterocycles. The van der Waals surface area contributed by atoms with E-state index in [0.717, 1.165) is 19.6 Å². The number of amides is 2. The maximum atomic E-state index is 13.0. The molecular weight excluding hydrogens is 604 g/mol. The van der Waals surface area contributed by atoms with Crippen molar-refractivity contribution in [1.82, 2.24) is 30.3 Å². The summed E-state index contributed by atoms with van der Waals surface area (Å²) in [5, 5.41) is 11.4. The fourth-order valence-corrected chi connectivity index (χ4v) is 7.22. The molecule has 2 aliphatic heterocycles. The highest BCUT2D eigenvalue weighted by Gasteiger charge is 2.34. The van der Waals surface area contributed by atoms with Gasteiger partial charge in [-0.3, -0.25) is 14.5 Å². The average Bonchev–Trinajstić information content (AvgIpc) is 3.64. The lowest BCUT2D eigenvalue weighted by molar-refractivity contribution is -0.126. The number of benzene rings is 2. The molecule has 10 heteroatoms. The number of piperidine rings is 1. The van der Waals surface area contributed by atoms with Crippen molar-refractivity contribution < 1.29 is 14.3 Å². The monoisotopic (exact) mass is 648 g/mol. The van der Waals surface area contributed by atoms with Crippen molar-refractivity contribution in [1.29, 1.82) is 0 Å². The Kier molecular flexibility index (Phi) is 10.3. The highest BCUT2D eigenvalue weighted by atomic mass is 16.6. The number of fused-ring (bicyclic) bond motifs is 3. The Labute approximate surface area is 281 Å². The van der Waals surface area contributed by atoms with Crippen LogP contribution in [0.25, 0.3) is 11.1 Å². The molecule has 2 fully saturated rings. The molecule has 2 atom stereocenters. The third-order valence-corrected chi connectivity index (χ3v) is 9.93. The number of allylic oxidation sites excluding steroid dienone is 3.